The molecule has 0 atom stereocenters. The normalized spacial score (nSPS) is 10.5. The van der Waals surface area contributed by atoms with E-state index in [1.54, 1.807) is 30.5 Å². The van der Waals surface area contributed by atoms with Crippen LogP contribution in [0.15, 0.2) is 53.1 Å². The van der Waals surface area contributed by atoms with E-state index in [1.807, 2.05) is 18.2 Å². The molecule has 2 N–H and O–H groups in total. The van der Waals surface area contributed by atoms with Crippen LogP contribution in [0.3, 0.4) is 0 Å². The van der Waals surface area contributed by atoms with E-state index >= 15 is 0 Å². The topological polar surface area (TPSA) is 67.2 Å². The molecule has 0 aliphatic heterocycles. The van der Waals surface area contributed by atoms with Gasteiger partial charge < -0.3 is 15.1 Å². The van der Waals surface area contributed by atoms with E-state index in [9.17, 15) is 4.79 Å². The number of hydrogen-bond acceptors (Lipinski definition) is 4. The van der Waals surface area contributed by atoms with Crippen LogP contribution >= 0.6 is 0 Å². The van der Waals surface area contributed by atoms with Gasteiger partial charge in [-0.05, 0) is 42.8 Å². The minimum Gasteiger partial charge on any atom is -0.453 e. The van der Waals surface area contributed by atoms with E-state index in [2.05, 4.69) is 21.9 Å². The summed E-state index contributed by atoms with van der Waals surface area (Å²) < 4.78 is 5.14. The predicted octanol–water partition coefficient (Wildman–Crippen LogP) is 2.86. The van der Waals surface area contributed by atoms with Crippen LogP contribution in [0.2, 0.25) is 0 Å². The monoisotopic (exact) mass is 294 g/mol. The summed E-state index contributed by atoms with van der Waals surface area (Å²) in [5.74, 6) is 0.761. The Morgan fingerprint density at radius 2 is 2.18 bits per heavy atom. The molecule has 111 valence electrons. The van der Waals surface area contributed by atoms with Crippen molar-refractivity contribution in [3.05, 3.63) is 60.5 Å². The van der Waals surface area contributed by atoms with E-state index in [-0.39, 0.29) is 5.91 Å². The molecule has 0 fully saturated rings. The Hall–Kier alpha value is -2.82. The van der Waals surface area contributed by atoms with Crippen molar-refractivity contribution >= 4 is 22.7 Å². The third-order valence-electron chi connectivity index (χ3n) is 3.27. The zero-order valence-corrected chi connectivity index (χ0v) is 12.0. The zero-order valence-electron chi connectivity index (χ0n) is 12.0. The number of anilines is 1. The first-order valence-corrected chi connectivity index (χ1v) is 7.16. The van der Waals surface area contributed by atoms with Crippen LogP contribution in [-0.4, -0.2) is 24.0 Å². The number of nitrogens with one attached hydrogen (secondary N) is 2. The first kappa shape index (κ1) is 14.1. The molecule has 0 bridgehead atoms. The average molecular weight is 294 g/mol. The number of nitrogens with zero attached hydrogens (tertiary/aromatic N) is 1. The summed E-state index contributed by atoms with van der Waals surface area (Å²) in [5, 5.41) is 6.98. The molecule has 3 rings (SSSR count). The van der Waals surface area contributed by atoms with Gasteiger partial charge in [0.2, 0.25) is 0 Å². The summed E-state index contributed by atoms with van der Waals surface area (Å²) in [6.45, 7) is 1.36. The number of benzene rings is 1. The standard InChI is InChI=1S/C17H16N3O2/c21-17(14-5-6-15-13(12-14)7-11-22-15)20-10-3-9-19-16-4-1-2-8-18-16/h1-2,4-8,12H,3,9-10H2,(H,18,19)(H,20,21). The summed E-state index contributed by atoms with van der Waals surface area (Å²) >= 11 is 0. The van der Waals surface area contributed by atoms with Gasteiger partial charge in [-0.25, -0.2) is 4.98 Å². The fourth-order valence-corrected chi connectivity index (χ4v) is 2.13. The molecule has 2 heterocycles. The molecule has 5 nitrogen and oxygen atoms in total. The first-order chi connectivity index (χ1) is 10.8. The van der Waals surface area contributed by atoms with Crippen molar-refractivity contribution in [3.63, 3.8) is 0 Å². The third kappa shape index (κ3) is 3.44. The maximum atomic E-state index is 12.1. The number of amides is 1. The highest BCUT2D eigenvalue weighted by molar-refractivity contribution is 5.97. The van der Waals surface area contributed by atoms with Crippen molar-refractivity contribution in [2.45, 2.75) is 6.42 Å². The molecule has 0 saturated carbocycles. The summed E-state index contributed by atoms with van der Waals surface area (Å²) in [5.41, 5.74) is 1.36. The van der Waals surface area contributed by atoms with E-state index in [0.717, 1.165) is 29.8 Å². The van der Waals surface area contributed by atoms with Crippen molar-refractivity contribution in [1.82, 2.24) is 10.3 Å². The zero-order chi connectivity index (χ0) is 15.2. The third-order valence-corrected chi connectivity index (χ3v) is 3.27. The molecule has 0 spiro atoms. The van der Waals surface area contributed by atoms with E-state index in [4.69, 9.17) is 4.42 Å². The molecule has 5 heteroatoms. The maximum absolute atomic E-state index is 12.1. The van der Waals surface area contributed by atoms with Gasteiger partial charge in [-0.2, -0.15) is 0 Å². The Morgan fingerprint density at radius 3 is 3.05 bits per heavy atom. The van der Waals surface area contributed by atoms with Crippen LogP contribution < -0.4 is 10.6 Å². The van der Waals surface area contributed by atoms with Crippen LogP contribution in [0.25, 0.3) is 11.0 Å². The highest BCUT2D eigenvalue weighted by Crippen LogP contribution is 2.16. The number of pyridine rings is 1. The average Bonchev–Trinajstić information content (AvgIpc) is 3.03. The van der Waals surface area contributed by atoms with E-state index in [1.165, 1.54) is 0 Å². The number of hydrogen-bond donors (Lipinski definition) is 2. The van der Waals surface area contributed by atoms with Crippen LogP contribution in [0, 0.1) is 6.26 Å². The lowest BCUT2D eigenvalue weighted by Crippen LogP contribution is -2.25. The fourth-order valence-electron chi connectivity index (χ4n) is 2.13. The molecule has 0 unspecified atom stereocenters. The minimum atomic E-state index is -0.0825. The van der Waals surface area contributed by atoms with E-state index < -0.39 is 0 Å². The highest BCUT2D eigenvalue weighted by atomic mass is 16.3. The Balaban J connectivity index is 1.44. The number of rotatable bonds is 6. The summed E-state index contributed by atoms with van der Waals surface area (Å²) in [4.78, 5) is 16.2. The first-order valence-electron chi connectivity index (χ1n) is 7.16. The minimum absolute atomic E-state index is 0.0825. The second-order valence-electron chi connectivity index (χ2n) is 4.87. The quantitative estimate of drug-likeness (QED) is 0.686. The Kier molecular flexibility index (Phi) is 4.34. The number of carbonyl (C=O) groups is 1. The number of fused-ring (bicyclic) bond motifs is 1. The molecule has 3 aromatic rings. The lowest BCUT2D eigenvalue weighted by atomic mass is 10.1. The van der Waals surface area contributed by atoms with Crippen LogP contribution in [-0.2, 0) is 0 Å². The fraction of sp³-hybridized carbons (Fsp3) is 0.176. The van der Waals surface area contributed by atoms with Crippen LogP contribution in [0.5, 0.6) is 0 Å². The molecule has 1 aromatic carbocycles. The van der Waals surface area contributed by atoms with Crippen molar-refractivity contribution < 1.29 is 9.21 Å². The molecule has 22 heavy (non-hydrogen) atoms. The van der Waals surface area contributed by atoms with Crippen molar-refractivity contribution in [2.75, 3.05) is 18.4 Å². The van der Waals surface area contributed by atoms with E-state index in [0.29, 0.717) is 12.1 Å². The summed E-state index contributed by atoms with van der Waals surface area (Å²) in [6.07, 6.45) is 5.23. The predicted molar refractivity (Wildman–Crippen MR) is 84.7 cm³/mol. The smallest absolute Gasteiger partial charge is 0.251 e. The van der Waals surface area contributed by atoms with Gasteiger partial charge in [0, 0.05) is 30.2 Å². The summed E-state index contributed by atoms with van der Waals surface area (Å²) in [7, 11) is 0. The van der Waals surface area contributed by atoms with Crippen LogP contribution in [0.4, 0.5) is 5.82 Å². The second-order valence-corrected chi connectivity index (χ2v) is 4.87. The van der Waals surface area contributed by atoms with Crippen molar-refractivity contribution in [3.8, 4) is 0 Å². The number of furan rings is 1. The maximum Gasteiger partial charge on any atom is 0.251 e. The second kappa shape index (κ2) is 6.76. The highest BCUT2D eigenvalue weighted by Gasteiger charge is 2.06. The van der Waals surface area contributed by atoms with Crippen LogP contribution in [0.1, 0.15) is 16.8 Å². The number of aromatic nitrogens is 1. The molecule has 1 radical (unpaired) electrons. The molecule has 2 aromatic heterocycles. The lowest BCUT2D eigenvalue weighted by Gasteiger charge is -2.07. The number of carbonyl (C=O) groups excluding carboxylic acids is 1. The van der Waals surface area contributed by atoms with Gasteiger partial charge in [0.25, 0.3) is 5.91 Å². The molecular weight excluding hydrogens is 278 g/mol. The van der Waals surface area contributed by atoms with Gasteiger partial charge in [-0.15, -0.1) is 0 Å². The summed E-state index contributed by atoms with van der Waals surface area (Å²) in [6, 6.07) is 12.8. The molecule has 0 aliphatic carbocycles. The van der Waals surface area contributed by atoms with Gasteiger partial charge in [0.05, 0.1) is 0 Å². The molecule has 0 saturated heterocycles. The molecule has 1 amide bonds. The van der Waals surface area contributed by atoms with Crippen molar-refractivity contribution in [1.29, 1.82) is 0 Å². The molecular formula is C17H16N3O2. The van der Waals surface area contributed by atoms with Gasteiger partial charge in [-0.3, -0.25) is 4.79 Å². The Bertz CT molecular complexity index is 753. The largest absolute Gasteiger partial charge is 0.453 e. The van der Waals surface area contributed by atoms with Gasteiger partial charge in [0.15, 0.2) is 6.26 Å². The van der Waals surface area contributed by atoms with Gasteiger partial charge in [0.1, 0.15) is 11.4 Å². The SMILES string of the molecule is O=C(NCCCNc1ccccn1)c1ccc2o[c]cc2c1. The van der Waals surface area contributed by atoms with Gasteiger partial charge in [-0.1, -0.05) is 6.07 Å². The molecule has 0 aliphatic rings. The van der Waals surface area contributed by atoms with Gasteiger partial charge >= 0.3 is 0 Å². The van der Waals surface area contributed by atoms with Crippen molar-refractivity contribution in [2.24, 2.45) is 0 Å². The Morgan fingerprint density at radius 1 is 1.23 bits per heavy atom. The Labute approximate surface area is 128 Å². The lowest BCUT2D eigenvalue weighted by molar-refractivity contribution is 0.0953.